The molecule has 0 bridgehead atoms. The van der Waals surface area contributed by atoms with Crippen molar-refractivity contribution in [1.82, 2.24) is 9.55 Å². The van der Waals surface area contributed by atoms with Gasteiger partial charge in [0.1, 0.15) is 0 Å². The summed E-state index contributed by atoms with van der Waals surface area (Å²) in [6.07, 6.45) is 4.53. The van der Waals surface area contributed by atoms with Crippen LogP contribution < -0.4 is 0 Å². The molecule has 0 radical (unpaired) electrons. The molecular weight excluding hydrogens is 339 g/mol. The molecule has 4 heteroatoms. The van der Waals surface area contributed by atoms with Crippen LogP contribution in [0.2, 0.25) is 0 Å². The number of carbonyl (C=O) groups excluding carboxylic acids is 1. The summed E-state index contributed by atoms with van der Waals surface area (Å²) in [5.74, 6) is 0.530. The van der Waals surface area contributed by atoms with E-state index in [9.17, 15) is 4.79 Å². The van der Waals surface area contributed by atoms with Crippen molar-refractivity contribution in [3.05, 3.63) is 51.1 Å². The van der Waals surface area contributed by atoms with Gasteiger partial charge in [-0.25, -0.2) is 4.98 Å². The molecular formula is C14H15IN2O. The molecule has 0 aliphatic rings. The maximum absolute atomic E-state index is 12.5. The predicted molar refractivity (Wildman–Crippen MR) is 79.8 cm³/mol. The van der Waals surface area contributed by atoms with Gasteiger partial charge in [0, 0.05) is 28.1 Å². The van der Waals surface area contributed by atoms with Gasteiger partial charge >= 0.3 is 0 Å². The van der Waals surface area contributed by atoms with E-state index in [0.29, 0.717) is 5.82 Å². The fourth-order valence-corrected chi connectivity index (χ4v) is 2.49. The summed E-state index contributed by atoms with van der Waals surface area (Å²) in [5.41, 5.74) is 1.86. The molecule has 1 heterocycles. The molecule has 2 aromatic rings. The first-order chi connectivity index (χ1) is 8.65. The third-order valence-corrected chi connectivity index (χ3v) is 4.25. The molecule has 0 unspecified atom stereocenters. The summed E-state index contributed by atoms with van der Waals surface area (Å²) >= 11 is 2.22. The standard InChI is InChI=1S/C14H15IN2O/c1-3-8-17-9-7-16-14(17)13(18)11-6-4-5-10(2)12(11)15/h4-7,9H,3,8H2,1-2H3. The zero-order valence-electron chi connectivity index (χ0n) is 10.5. The first-order valence-electron chi connectivity index (χ1n) is 5.96. The Morgan fingerprint density at radius 3 is 2.94 bits per heavy atom. The smallest absolute Gasteiger partial charge is 0.229 e. The Bertz CT molecular complexity index is 575. The maximum atomic E-state index is 12.5. The lowest BCUT2D eigenvalue weighted by molar-refractivity contribution is 0.102. The van der Waals surface area contributed by atoms with E-state index in [2.05, 4.69) is 34.5 Å². The summed E-state index contributed by atoms with van der Waals surface area (Å²) in [6.45, 7) is 4.92. The van der Waals surface area contributed by atoms with Crippen LogP contribution in [0.3, 0.4) is 0 Å². The third-order valence-electron chi connectivity index (χ3n) is 2.82. The van der Waals surface area contributed by atoms with E-state index in [1.165, 1.54) is 0 Å². The quantitative estimate of drug-likeness (QED) is 0.623. The van der Waals surface area contributed by atoms with Crippen molar-refractivity contribution in [1.29, 1.82) is 0 Å². The monoisotopic (exact) mass is 354 g/mol. The molecule has 94 valence electrons. The van der Waals surface area contributed by atoms with Gasteiger partial charge in [0.05, 0.1) is 0 Å². The fraction of sp³-hybridized carbons (Fsp3) is 0.286. The Balaban J connectivity index is 2.42. The Morgan fingerprint density at radius 1 is 1.44 bits per heavy atom. The predicted octanol–water partition coefficient (Wildman–Crippen LogP) is 3.44. The van der Waals surface area contributed by atoms with Crippen molar-refractivity contribution < 1.29 is 4.79 Å². The highest BCUT2D eigenvalue weighted by Gasteiger charge is 2.17. The number of halogens is 1. The van der Waals surface area contributed by atoms with Gasteiger partial charge in [-0.1, -0.05) is 19.1 Å². The molecule has 0 aliphatic heterocycles. The number of hydrogen-bond donors (Lipinski definition) is 0. The lowest BCUT2D eigenvalue weighted by Crippen LogP contribution is -2.12. The van der Waals surface area contributed by atoms with Crippen molar-refractivity contribution in [3.63, 3.8) is 0 Å². The van der Waals surface area contributed by atoms with E-state index in [-0.39, 0.29) is 5.78 Å². The van der Waals surface area contributed by atoms with E-state index in [1.54, 1.807) is 6.20 Å². The molecule has 0 saturated carbocycles. The highest BCUT2D eigenvalue weighted by molar-refractivity contribution is 14.1. The van der Waals surface area contributed by atoms with Gasteiger partial charge in [-0.2, -0.15) is 0 Å². The van der Waals surface area contributed by atoms with E-state index in [0.717, 1.165) is 27.7 Å². The summed E-state index contributed by atoms with van der Waals surface area (Å²) in [7, 11) is 0. The van der Waals surface area contributed by atoms with Crippen LogP contribution in [0.15, 0.2) is 30.6 Å². The molecule has 1 aromatic heterocycles. The molecule has 3 nitrogen and oxygen atoms in total. The number of imidazole rings is 1. The molecule has 0 aliphatic carbocycles. The largest absolute Gasteiger partial charge is 0.328 e. The van der Waals surface area contributed by atoms with E-state index < -0.39 is 0 Å². The van der Waals surface area contributed by atoms with Gasteiger partial charge < -0.3 is 4.57 Å². The van der Waals surface area contributed by atoms with Gasteiger partial charge in [-0.15, -0.1) is 0 Å². The average Bonchev–Trinajstić information content (AvgIpc) is 2.80. The number of hydrogen-bond acceptors (Lipinski definition) is 2. The van der Waals surface area contributed by atoms with Crippen LogP contribution in [0.4, 0.5) is 0 Å². The van der Waals surface area contributed by atoms with Crippen LogP contribution in [0.25, 0.3) is 0 Å². The van der Waals surface area contributed by atoms with Gasteiger partial charge in [-0.05, 0) is 47.6 Å². The first kappa shape index (κ1) is 13.3. The van der Waals surface area contributed by atoms with Crippen LogP contribution in [0, 0.1) is 10.5 Å². The summed E-state index contributed by atoms with van der Waals surface area (Å²) in [5, 5.41) is 0. The molecule has 18 heavy (non-hydrogen) atoms. The fourth-order valence-electron chi connectivity index (χ4n) is 1.88. The number of aromatic nitrogens is 2. The Labute approximate surface area is 120 Å². The van der Waals surface area contributed by atoms with Gasteiger partial charge in [0.15, 0.2) is 5.82 Å². The van der Waals surface area contributed by atoms with Gasteiger partial charge in [0.2, 0.25) is 5.78 Å². The van der Waals surface area contributed by atoms with E-state index in [4.69, 9.17) is 0 Å². The minimum Gasteiger partial charge on any atom is -0.328 e. The normalized spacial score (nSPS) is 10.6. The number of aryl methyl sites for hydroxylation is 2. The molecule has 2 rings (SSSR count). The third kappa shape index (κ3) is 2.48. The minimum atomic E-state index is 0.00144. The van der Waals surface area contributed by atoms with E-state index >= 15 is 0 Å². The van der Waals surface area contributed by atoms with Crippen LogP contribution in [0.5, 0.6) is 0 Å². The Hall–Kier alpha value is -1.17. The van der Waals surface area contributed by atoms with Crippen LogP contribution in [-0.2, 0) is 6.54 Å². The minimum absolute atomic E-state index is 0.00144. The Morgan fingerprint density at radius 2 is 2.22 bits per heavy atom. The van der Waals surface area contributed by atoms with Crippen molar-refractivity contribution in [2.24, 2.45) is 0 Å². The number of ketones is 1. The van der Waals surface area contributed by atoms with Gasteiger partial charge in [0.25, 0.3) is 0 Å². The zero-order chi connectivity index (χ0) is 13.1. The molecule has 0 amide bonds. The molecule has 0 spiro atoms. The number of benzene rings is 1. The topological polar surface area (TPSA) is 34.9 Å². The summed E-state index contributed by atoms with van der Waals surface area (Å²) < 4.78 is 2.92. The van der Waals surface area contributed by atoms with Crippen LogP contribution >= 0.6 is 22.6 Å². The highest BCUT2D eigenvalue weighted by Crippen LogP contribution is 2.19. The molecule has 0 fully saturated rings. The second-order valence-corrected chi connectivity index (χ2v) is 5.29. The summed E-state index contributed by atoms with van der Waals surface area (Å²) in [6, 6.07) is 5.79. The number of nitrogens with zero attached hydrogens (tertiary/aromatic N) is 2. The molecule has 0 atom stereocenters. The second-order valence-electron chi connectivity index (χ2n) is 4.21. The van der Waals surface area contributed by atoms with Crippen LogP contribution in [-0.4, -0.2) is 15.3 Å². The van der Waals surface area contributed by atoms with Crippen molar-refractivity contribution >= 4 is 28.4 Å². The zero-order valence-corrected chi connectivity index (χ0v) is 12.6. The SMILES string of the molecule is CCCn1ccnc1C(=O)c1cccc(C)c1I. The maximum Gasteiger partial charge on any atom is 0.229 e. The molecule has 1 aromatic carbocycles. The second kappa shape index (κ2) is 5.65. The summed E-state index contributed by atoms with van der Waals surface area (Å²) in [4.78, 5) is 16.7. The number of carbonyl (C=O) groups is 1. The van der Waals surface area contributed by atoms with Crippen molar-refractivity contribution in [3.8, 4) is 0 Å². The van der Waals surface area contributed by atoms with E-state index in [1.807, 2.05) is 35.9 Å². The molecule has 0 saturated heterocycles. The lowest BCUT2D eigenvalue weighted by Gasteiger charge is -2.08. The van der Waals surface area contributed by atoms with Crippen LogP contribution in [0.1, 0.15) is 35.1 Å². The Kier molecular flexibility index (Phi) is 4.16. The lowest BCUT2D eigenvalue weighted by atomic mass is 10.1. The molecule has 0 N–H and O–H groups in total. The first-order valence-corrected chi connectivity index (χ1v) is 7.04. The van der Waals surface area contributed by atoms with Crippen molar-refractivity contribution in [2.75, 3.05) is 0 Å². The van der Waals surface area contributed by atoms with Crippen molar-refractivity contribution in [2.45, 2.75) is 26.8 Å². The van der Waals surface area contributed by atoms with Gasteiger partial charge in [-0.3, -0.25) is 4.79 Å². The number of rotatable bonds is 4. The highest BCUT2D eigenvalue weighted by atomic mass is 127. The average molecular weight is 354 g/mol.